The molecule has 0 aliphatic heterocycles. The first-order valence-electron chi connectivity index (χ1n) is 5.91. The van der Waals surface area contributed by atoms with Crippen molar-refractivity contribution in [2.75, 3.05) is 0 Å². The molecular weight excluding hydrogens is 224 g/mol. The summed E-state index contributed by atoms with van der Waals surface area (Å²) in [5.74, 6) is -0.296. The fourth-order valence-electron chi connectivity index (χ4n) is 1.77. The second-order valence-electron chi connectivity index (χ2n) is 4.82. The summed E-state index contributed by atoms with van der Waals surface area (Å²) in [4.78, 5) is 11.6. The Balaban J connectivity index is 2.38. The van der Waals surface area contributed by atoms with Gasteiger partial charge in [0.1, 0.15) is 5.60 Å². The van der Waals surface area contributed by atoms with Crippen molar-refractivity contribution in [1.82, 2.24) is 0 Å². The van der Waals surface area contributed by atoms with Crippen LogP contribution in [0.3, 0.4) is 0 Å². The molecule has 2 aromatic carbocycles. The standard InChI is InChI=1S/C16H16O2/c1-16(2,18)15(17)11-10-13-8-5-7-12-6-3-4-9-14(12)13/h3-11,18H,1-2H3/b11-10-. The van der Waals surface area contributed by atoms with Crippen molar-refractivity contribution in [3.63, 3.8) is 0 Å². The minimum absolute atomic E-state index is 0.296. The Morgan fingerprint density at radius 3 is 2.50 bits per heavy atom. The van der Waals surface area contributed by atoms with Gasteiger partial charge in [0.05, 0.1) is 0 Å². The number of hydrogen-bond donors (Lipinski definition) is 1. The molecule has 0 radical (unpaired) electrons. The van der Waals surface area contributed by atoms with Crippen molar-refractivity contribution in [2.24, 2.45) is 0 Å². The zero-order chi connectivity index (χ0) is 13.2. The molecule has 18 heavy (non-hydrogen) atoms. The van der Waals surface area contributed by atoms with Crippen molar-refractivity contribution >= 4 is 22.6 Å². The first-order valence-corrected chi connectivity index (χ1v) is 5.91. The SMILES string of the molecule is CC(C)(O)C(=O)/C=C\c1cccc2ccccc12. The molecule has 0 fully saturated rings. The van der Waals surface area contributed by atoms with E-state index in [-0.39, 0.29) is 5.78 Å². The number of carbonyl (C=O) groups excluding carboxylic acids is 1. The van der Waals surface area contributed by atoms with Gasteiger partial charge in [-0.25, -0.2) is 0 Å². The molecule has 0 amide bonds. The van der Waals surface area contributed by atoms with Gasteiger partial charge in [-0.15, -0.1) is 0 Å². The van der Waals surface area contributed by atoms with Crippen LogP contribution >= 0.6 is 0 Å². The largest absolute Gasteiger partial charge is 0.382 e. The van der Waals surface area contributed by atoms with Crippen LogP contribution < -0.4 is 0 Å². The number of carbonyl (C=O) groups is 1. The zero-order valence-electron chi connectivity index (χ0n) is 10.6. The Bertz CT molecular complexity index is 599. The molecule has 0 aliphatic carbocycles. The molecule has 0 bridgehead atoms. The molecule has 2 aromatic rings. The lowest BCUT2D eigenvalue weighted by Crippen LogP contribution is -2.29. The molecule has 2 nitrogen and oxygen atoms in total. The van der Waals surface area contributed by atoms with Gasteiger partial charge in [-0.3, -0.25) is 4.79 Å². The summed E-state index contributed by atoms with van der Waals surface area (Å²) in [6, 6.07) is 13.9. The molecule has 0 unspecified atom stereocenters. The van der Waals surface area contributed by atoms with E-state index in [0.29, 0.717) is 0 Å². The van der Waals surface area contributed by atoms with Crippen molar-refractivity contribution in [2.45, 2.75) is 19.4 Å². The predicted molar refractivity (Wildman–Crippen MR) is 74.3 cm³/mol. The Kier molecular flexibility index (Phi) is 3.30. The van der Waals surface area contributed by atoms with Gasteiger partial charge < -0.3 is 5.11 Å². The summed E-state index contributed by atoms with van der Waals surface area (Å²) < 4.78 is 0. The first-order chi connectivity index (χ1) is 8.48. The van der Waals surface area contributed by atoms with E-state index in [9.17, 15) is 9.90 Å². The van der Waals surface area contributed by atoms with Crippen LogP contribution in [0.15, 0.2) is 48.5 Å². The van der Waals surface area contributed by atoms with Crippen LogP contribution in [-0.2, 0) is 4.79 Å². The summed E-state index contributed by atoms with van der Waals surface area (Å²) in [5, 5.41) is 11.8. The lowest BCUT2D eigenvalue weighted by atomic mass is 10.0. The summed E-state index contributed by atoms with van der Waals surface area (Å²) in [7, 11) is 0. The molecule has 2 rings (SSSR count). The Morgan fingerprint density at radius 2 is 1.78 bits per heavy atom. The van der Waals surface area contributed by atoms with Gasteiger partial charge in [-0.05, 0) is 36.3 Å². The van der Waals surface area contributed by atoms with Gasteiger partial charge in [0, 0.05) is 0 Å². The first kappa shape index (κ1) is 12.5. The topological polar surface area (TPSA) is 37.3 Å². The van der Waals surface area contributed by atoms with Crippen LogP contribution in [0.25, 0.3) is 16.8 Å². The highest BCUT2D eigenvalue weighted by molar-refractivity contribution is 6.01. The van der Waals surface area contributed by atoms with Crippen LogP contribution in [-0.4, -0.2) is 16.5 Å². The Morgan fingerprint density at radius 1 is 1.11 bits per heavy atom. The lowest BCUT2D eigenvalue weighted by molar-refractivity contribution is -0.128. The highest BCUT2D eigenvalue weighted by atomic mass is 16.3. The Hall–Kier alpha value is -1.93. The number of hydrogen-bond acceptors (Lipinski definition) is 2. The van der Waals surface area contributed by atoms with Gasteiger partial charge >= 0.3 is 0 Å². The van der Waals surface area contributed by atoms with Crippen molar-refractivity contribution in [3.8, 4) is 0 Å². The molecule has 1 N–H and O–H groups in total. The van der Waals surface area contributed by atoms with Gasteiger partial charge in [0.25, 0.3) is 0 Å². The van der Waals surface area contributed by atoms with Crippen molar-refractivity contribution in [3.05, 3.63) is 54.1 Å². The lowest BCUT2D eigenvalue weighted by Gasteiger charge is -2.12. The quantitative estimate of drug-likeness (QED) is 0.836. The minimum atomic E-state index is -1.32. The average Bonchev–Trinajstić information content (AvgIpc) is 2.34. The molecule has 92 valence electrons. The van der Waals surface area contributed by atoms with Crippen LogP contribution in [0.4, 0.5) is 0 Å². The highest BCUT2D eigenvalue weighted by Gasteiger charge is 2.20. The van der Waals surface area contributed by atoms with Crippen LogP contribution in [0.5, 0.6) is 0 Å². The fourth-order valence-corrected chi connectivity index (χ4v) is 1.77. The fraction of sp³-hybridized carbons (Fsp3) is 0.188. The van der Waals surface area contributed by atoms with E-state index in [1.54, 1.807) is 6.08 Å². The van der Waals surface area contributed by atoms with Crippen LogP contribution in [0, 0.1) is 0 Å². The average molecular weight is 240 g/mol. The molecule has 2 heteroatoms. The Labute approximate surface area is 107 Å². The van der Waals surface area contributed by atoms with E-state index in [1.807, 2.05) is 42.5 Å². The third-order valence-corrected chi connectivity index (χ3v) is 2.84. The van der Waals surface area contributed by atoms with E-state index in [4.69, 9.17) is 0 Å². The number of benzene rings is 2. The smallest absolute Gasteiger partial charge is 0.186 e. The van der Waals surface area contributed by atoms with Gasteiger partial charge in [-0.1, -0.05) is 48.5 Å². The second kappa shape index (κ2) is 4.75. The predicted octanol–water partition coefficient (Wildman–Crippen LogP) is 3.19. The summed E-state index contributed by atoms with van der Waals surface area (Å²) >= 11 is 0. The maximum Gasteiger partial charge on any atom is 0.186 e. The molecule has 0 heterocycles. The molecule has 0 saturated carbocycles. The van der Waals surface area contributed by atoms with Gasteiger partial charge in [-0.2, -0.15) is 0 Å². The highest BCUT2D eigenvalue weighted by Crippen LogP contribution is 2.20. The summed E-state index contributed by atoms with van der Waals surface area (Å²) in [6.07, 6.45) is 3.18. The number of aliphatic hydroxyl groups is 1. The second-order valence-corrected chi connectivity index (χ2v) is 4.82. The number of rotatable bonds is 3. The summed E-state index contributed by atoms with van der Waals surface area (Å²) in [5.41, 5.74) is -0.341. The maximum atomic E-state index is 11.6. The van der Waals surface area contributed by atoms with Gasteiger partial charge in [0.2, 0.25) is 0 Å². The molecule has 0 aromatic heterocycles. The van der Waals surface area contributed by atoms with E-state index in [2.05, 4.69) is 0 Å². The number of fused-ring (bicyclic) bond motifs is 1. The normalized spacial score (nSPS) is 12.2. The van der Waals surface area contributed by atoms with E-state index in [1.165, 1.54) is 19.9 Å². The molecule has 0 spiro atoms. The third-order valence-electron chi connectivity index (χ3n) is 2.84. The van der Waals surface area contributed by atoms with Crippen molar-refractivity contribution < 1.29 is 9.90 Å². The van der Waals surface area contributed by atoms with Crippen LogP contribution in [0.2, 0.25) is 0 Å². The molecule has 0 aliphatic rings. The van der Waals surface area contributed by atoms with E-state index >= 15 is 0 Å². The maximum absolute atomic E-state index is 11.6. The third kappa shape index (κ3) is 2.66. The molecule has 0 saturated heterocycles. The molecular formula is C16H16O2. The number of ketones is 1. The zero-order valence-corrected chi connectivity index (χ0v) is 10.6. The van der Waals surface area contributed by atoms with Crippen molar-refractivity contribution in [1.29, 1.82) is 0 Å². The summed E-state index contributed by atoms with van der Waals surface area (Å²) in [6.45, 7) is 2.98. The van der Waals surface area contributed by atoms with Crippen LogP contribution in [0.1, 0.15) is 19.4 Å². The van der Waals surface area contributed by atoms with E-state index in [0.717, 1.165) is 16.3 Å². The van der Waals surface area contributed by atoms with E-state index < -0.39 is 5.60 Å². The van der Waals surface area contributed by atoms with Gasteiger partial charge in [0.15, 0.2) is 5.78 Å². The minimum Gasteiger partial charge on any atom is -0.382 e. The molecule has 0 atom stereocenters. The monoisotopic (exact) mass is 240 g/mol.